The highest BCUT2D eigenvalue weighted by atomic mass is 16.2. The number of rotatable bonds is 3. The van der Waals surface area contributed by atoms with Crippen LogP contribution < -0.4 is 4.90 Å². The molecule has 1 fully saturated rings. The van der Waals surface area contributed by atoms with Crippen LogP contribution in [0.3, 0.4) is 0 Å². The van der Waals surface area contributed by atoms with E-state index in [9.17, 15) is 9.59 Å². The number of amides is 3. The molecule has 3 amide bonds. The monoisotopic (exact) mass is 388 g/mol. The topological polar surface area (TPSA) is 59.7 Å². The van der Waals surface area contributed by atoms with Gasteiger partial charge in [-0.1, -0.05) is 30.3 Å². The molecule has 2 aliphatic heterocycles. The van der Waals surface area contributed by atoms with Crippen molar-refractivity contribution >= 4 is 28.5 Å². The highest BCUT2D eigenvalue weighted by molar-refractivity contribution is 6.05. The Morgan fingerprint density at radius 3 is 2.48 bits per heavy atom. The van der Waals surface area contributed by atoms with E-state index in [0.29, 0.717) is 13.0 Å². The summed E-state index contributed by atoms with van der Waals surface area (Å²) >= 11 is 0. The van der Waals surface area contributed by atoms with Gasteiger partial charge in [0.25, 0.3) is 5.91 Å². The summed E-state index contributed by atoms with van der Waals surface area (Å²) in [6.45, 7) is 2.25. The van der Waals surface area contributed by atoms with Crippen molar-refractivity contribution in [1.29, 1.82) is 0 Å². The largest absolute Gasteiger partial charge is 0.378 e. The van der Waals surface area contributed by atoms with Crippen LogP contribution in [0.1, 0.15) is 29.8 Å². The molecule has 148 valence electrons. The van der Waals surface area contributed by atoms with E-state index < -0.39 is 6.04 Å². The fraction of sp³-hybridized carbons (Fsp3) is 0.304. The van der Waals surface area contributed by atoms with Gasteiger partial charge in [0, 0.05) is 49.3 Å². The summed E-state index contributed by atoms with van der Waals surface area (Å²) in [6, 6.07) is 15.4. The number of carbonyl (C=O) groups excluding carboxylic acids is 2. The maximum Gasteiger partial charge on any atom is 0.328 e. The SMILES string of the molecule is CCN1C(=O)[C@H]2Cc3c([nH]c4ccccc34)[C@H](c3ccc(N(C)C)cc3)N2C1=O. The third-order valence-corrected chi connectivity index (χ3v) is 6.18. The number of nitrogens with one attached hydrogen (secondary N) is 1. The van der Waals surface area contributed by atoms with E-state index in [0.717, 1.165) is 33.4 Å². The molecule has 0 aliphatic carbocycles. The number of urea groups is 1. The van der Waals surface area contributed by atoms with Crippen LogP contribution in [0.25, 0.3) is 10.9 Å². The molecule has 0 saturated carbocycles. The predicted octanol–water partition coefficient (Wildman–Crippen LogP) is 3.53. The van der Waals surface area contributed by atoms with Gasteiger partial charge >= 0.3 is 6.03 Å². The number of carbonyl (C=O) groups is 2. The lowest BCUT2D eigenvalue weighted by Gasteiger charge is -2.36. The van der Waals surface area contributed by atoms with Crippen LogP contribution in [0.4, 0.5) is 10.5 Å². The first-order valence-electron chi connectivity index (χ1n) is 10.0. The summed E-state index contributed by atoms with van der Waals surface area (Å²) in [7, 11) is 4.01. The zero-order valence-electron chi connectivity index (χ0n) is 16.8. The quantitative estimate of drug-likeness (QED) is 0.699. The van der Waals surface area contributed by atoms with Crippen LogP contribution in [0, 0.1) is 0 Å². The Labute approximate surface area is 169 Å². The van der Waals surface area contributed by atoms with Gasteiger partial charge < -0.3 is 9.88 Å². The first-order valence-corrected chi connectivity index (χ1v) is 10.0. The molecule has 6 nitrogen and oxygen atoms in total. The van der Waals surface area contributed by atoms with Crippen molar-refractivity contribution in [3.8, 4) is 0 Å². The van der Waals surface area contributed by atoms with E-state index in [2.05, 4.69) is 35.3 Å². The highest BCUT2D eigenvalue weighted by Gasteiger charge is 2.51. The summed E-state index contributed by atoms with van der Waals surface area (Å²) in [4.78, 5) is 34.9. The van der Waals surface area contributed by atoms with Gasteiger partial charge in [-0.2, -0.15) is 0 Å². The number of aromatic nitrogens is 1. The van der Waals surface area contributed by atoms with Crippen LogP contribution in [0.2, 0.25) is 0 Å². The van der Waals surface area contributed by atoms with E-state index in [1.165, 1.54) is 4.90 Å². The van der Waals surface area contributed by atoms with E-state index in [-0.39, 0.29) is 18.0 Å². The van der Waals surface area contributed by atoms with Crippen molar-refractivity contribution in [2.45, 2.75) is 25.4 Å². The number of nitrogens with zero attached hydrogens (tertiary/aromatic N) is 3. The molecule has 1 aromatic heterocycles. The Kier molecular flexibility index (Phi) is 3.91. The van der Waals surface area contributed by atoms with Gasteiger partial charge in [-0.25, -0.2) is 4.79 Å². The minimum absolute atomic E-state index is 0.0941. The molecule has 6 heteroatoms. The van der Waals surface area contributed by atoms with Crippen LogP contribution in [-0.2, 0) is 11.2 Å². The van der Waals surface area contributed by atoms with Crippen molar-refractivity contribution < 1.29 is 9.59 Å². The lowest BCUT2D eigenvalue weighted by atomic mass is 9.89. The maximum atomic E-state index is 13.2. The number of hydrogen-bond acceptors (Lipinski definition) is 3. The Morgan fingerprint density at radius 2 is 1.79 bits per heavy atom. The van der Waals surface area contributed by atoms with E-state index >= 15 is 0 Å². The van der Waals surface area contributed by atoms with Gasteiger partial charge in [0.1, 0.15) is 12.1 Å². The fourth-order valence-corrected chi connectivity index (χ4v) is 4.72. The number of aromatic amines is 1. The number of likely N-dealkylation sites (N-methyl/N-ethyl adjacent to an activating group) is 1. The predicted molar refractivity (Wildman–Crippen MR) is 113 cm³/mol. The van der Waals surface area contributed by atoms with E-state index in [1.54, 1.807) is 4.90 Å². The van der Waals surface area contributed by atoms with Crippen LogP contribution >= 0.6 is 0 Å². The normalized spacial score (nSPS) is 20.9. The Bertz CT molecular complexity index is 1120. The highest BCUT2D eigenvalue weighted by Crippen LogP contribution is 2.44. The molecule has 1 saturated heterocycles. The second-order valence-corrected chi connectivity index (χ2v) is 7.94. The minimum Gasteiger partial charge on any atom is -0.378 e. The fourth-order valence-electron chi connectivity index (χ4n) is 4.72. The Morgan fingerprint density at radius 1 is 1.07 bits per heavy atom. The number of imide groups is 1. The van der Waals surface area contributed by atoms with Gasteiger partial charge in [-0.05, 0) is 36.2 Å². The Balaban J connectivity index is 1.71. The summed E-state index contributed by atoms with van der Waals surface area (Å²) < 4.78 is 0. The van der Waals surface area contributed by atoms with Crippen LogP contribution in [-0.4, -0.2) is 53.4 Å². The molecule has 2 aliphatic rings. The van der Waals surface area contributed by atoms with Crippen molar-refractivity contribution in [3.05, 3.63) is 65.4 Å². The standard InChI is InChI=1S/C23H24N4O2/c1-4-26-22(28)19-13-17-16-7-5-6-8-18(16)24-20(17)21(27(19)23(26)29)14-9-11-15(12-10-14)25(2)3/h5-12,19,21,24H,4,13H2,1-3H3/t19-,21+/m1/s1. The molecular formula is C23H24N4O2. The summed E-state index contributed by atoms with van der Waals surface area (Å²) in [5.74, 6) is -0.0941. The molecule has 0 bridgehead atoms. The molecule has 0 unspecified atom stereocenters. The molecule has 2 aromatic carbocycles. The molecule has 0 radical (unpaired) electrons. The summed E-state index contributed by atoms with van der Waals surface area (Å²) in [6.07, 6.45) is 0.548. The van der Waals surface area contributed by atoms with Crippen molar-refractivity contribution in [2.75, 3.05) is 25.5 Å². The molecular weight excluding hydrogens is 364 g/mol. The number of anilines is 1. The number of para-hydroxylation sites is 1. The molecule has 1 N–H and O–H groups in total. The first kappa shape index (κ1) is 17.8. The van der Waals surface area contributed by atoms with Gasteiger partial charge in [0.05, 0.1) is 0 Å². The van der Waals surface area contributed by atoms with Crippen molar-refractivity contribution in [3.63, 3.8) is 0 Å². The van der Waals surface area contributed by atoms with Gasteiger partial charge in [-0.15, -0.1) is 0 Å². The third kappa shape index (κ3) is 2.48. The third-order valence-electron chi connectivity index (χ3n) is 6.18. The Hall–Kier alpha value is -3.28. The average molecular weight is 388 g/mol. The molecule has 3 heterocycles. The maximum absolute atomic E-state index is 13.2. The number of fused-ring (bicyclic) bond motifs is 4. The van der Waals surface area contributed by atoms with Crippen molar-refractivity contribution in [2.24, 2.45) is 0 Å². The second-order valence-electron chi connectivity index (χ2n) is 7.94. The minimum atomic E-state index is -0.451. The average Bonchev–Trinajstić information content (AvgIpc) is 3.21. The van der Waals surface area contributed by atoms with Gasteiger partial charge in [-0.3, -0.25) is 14.6 Å². The molecule has 0 spiro atoms. The van der Waals surface area contributed by atoms with Gasteiger partial charge in [0.2, 0.25) is 0 Å². The molecule has 2 atom stereocenters. The number of hydrogen-bond donors (Lipinski definition) is 1. The zero-order chi connectivity index (χ0) is 20.3. The zero-order valence-corrected chi connectivity index (χ0v) is 16.8. The van der Waals surface area contributed by atoms with Crippen LogP contribution in [0.5, 0.6) is 0 Å². The molecule has 3 aromatic rings. The molecule has 5 rings (SSSR count). The van der Waals surface area contributed by atoms with Crippen LogP contribution in [0.15, 0.2) is 48.5 Å². The first-order chi connectivity index (χ1) is 14.0. The van der Waals surface area contributed by atoms with E-state index in [4.69, 9.17) is 0 Å². The van der Waals surface area contributed by atoms with Crippen molar-refractivity contribution in [1.82, 2.24) is 14.8 Å². The van der Waals surface area contributed by atoms with E-state index in [1.807, 2.05) is 44.1 Å². The van der Waals surface area contributed by atoms with Gasteiger partial charge in [0.15, 0.2) is 0 Å². The lowest BCUT2D eigenvalue weighted by Crippen LogP contribution is -2.44. The second kappa shape index (κ2) is 6.37. The summed E-state index contributed by atoms with van der Waals surface area (Å²) in [5, 5.41) is 1.13. The molecule has 29 heavy (non-hydrogen) atoms. The summed E-state index contributed by atoms with van der Waals surface area (Å²) in [5.41, 5.74) is 5.30. The number of benzene rings is 2. The lowest BCUT2D eigenvalue weighted by molar-refractivity contribution is -0.128. The number of H-pyrrole nitrogens is 1. The smallest absolute Gasteiger partial charge is 0.328 e.